The van der Waals surface area contributed by atoms with E-state index >= 15 is 0 Å². The van der Waals surface area contributed by atoms with E-state index < -0.39 is 11.1 Å². The summed E-state index contributed by atoms with van der Waals surface area (Å²) < 4.78 is 14.6. The summed E-state index contributed by atoms with van der Waals surface area (Å²) in [5.41, 5.74) is 4.47. The third kappa shape index (κ3) is 2.73. The highest BCUT2D eigenvalue weighted by Gasteiger charge is 2.41. The van der Waals surface area contributed by atoms with Crippen LogP contribution >= 0.6 is 0 Å². The van der Waals surface area contributed by atoms with Gasteiger partial charge in [0.25, 0.3) is 0 Å². The highest BCUT2D eigenvalue weighted by Crippen LogP contribution is 2.36. The second-order valence-corrected chi connectivity index (χ2v) is 5.26. The van der Waals surface area contributed by atoms with Gasteiger partial charge in [0.2, 0.25) is 0 Å². The smallest absolute Gasteiger partial charge is 0.132 e. The van der Waals surface area contributed by atoms with Gasteiger partial charge >= 0.3 is 0 Å². The monoisotopic (exact) mass is 225 g/mol. The second kappa shape index (κ2) is 4.42. The van der Waals surface area contributed by atoms with Crippen LogP contribution in [0.5, 0.6) is 5.75 Å². The summed E-state index contributed by atoms with van der Waals surface area (Å²) in [5, 5.41) is 9.15. The van der Waals surface area contributed by atoms with Crippen molar-refractivity contribution in [1.82, 2.24) is 0 Å². The number of benzene rings is 1. The Bertz CT molecular complexity index is 342. The maximum Gasteiger partial charge on any atom is 0.132 e. The lowest BCUT2D eigenvalue weighted by molar-refractivity contribution is 0.0382. The predicted molar refractivity (Wildman–Crippen MR) is 64.2 cm³/mol. The Balaban J connectivity index is 2.89. The molecule has 1 atom stereocenters. The van der Waals surface area contributed by atoms with E-state index in [2.05, 4.69) is 0 Å². The number of aromatic hydroxyl groups is 1. The van der Waals surface area contributed by atoms with Crippen LogP contribution in [0, 0.1) is 5.41 Å². The average Bonchev–Trinajstić information content (AvgIpc) is 2.19. The maximum atomic E-state index is 14.6. The van der Waals surface area contributed by atoms with Gasteiger partial charge in [-0.3, -0.25) is 0 Å². The van der Waals surface area contributed by atoms with E-state index in [1.54, 1.807) is 24.3 Å². The average molecular weight is 225 g/mol. The summed E-state index contributed by atoms with van der Waals surface area (Å²) >= 11 is 0. The Morgan fingerprint density at radius 2 is 1.69 bits per heavy atom. The number of halogens is 1. The predicted octanol–water partition coefficient (Wildman–Crippen LogP) is 2.65. The molecule has 3 heteroatoms. The molecule has 0 amide bonds. The molecule has 0 heterocycles. The molecule has 1 aromatic rings. The fourth-order valence-electron chi connectivity index (χ4n) is 1.58. The molecule has 90 valence electrons. The van der Waals surface area contributed by atoms with Crippen LogP contribution in [0.15, 0.2) is 24.3 Å². The molecule has 0 aromatic heterocycles. The first-order valence-corrected chi connectivity index (χ1v) is 5.45. The SMILES string of the molecule is CC(C)(C)C(F)(CN)Cc1ccc(O)cc1. The molecule has 0 aliphatic rings. The molecule has 3 N–H and O–H groups in total. The molecule has 0 saturated carbocycles. The van der Waals surface area contributed by atoms with E-state index in [0.29, 0.717) is 0 Å². The topological polar surface area (TPSA) is 46.2 Å². The lowest BCUT2D eigenvalue weighted by atomic mass is 9.74. The van der Waals surface area contributed by atoms with Gasteiger partial charge in [-0.15, -0.1) is 0 Å². The molecule has 0 fully saturated rings. The number of hydrogen-bond donors (Lipinski definition) is 2. The van der Waals surface area contributed by atoms with Gasteiger partial charge in [-0.1, -0.05) is 32.9 Å². The Kier molecular flexibility index (Phi) is 3.58. The molecule has 1 rings (SSSR count). The molecule has 16 heavy (non-hydrogen) atoms. The summed E-state index contributed by atoms with van der Waals surface area (Å²) in [5.74, 6) is 0.191. The molecule has 0 aliphatic heterocycles. The van der Waals surface area contributed by atoms with Gasteiger partial charge in [0.05, 0.1) is 0 Å². The minimum Gasteiger partial charge on any atom is -0.508 e. The molecule has 0 spiro atoms. The van der Waals surface area contributed by atoms with Gasteiger partial charge in [0.15, 0.2) is 0 Å². The molecular formula is C13H20FNO. The van der Waals surface area contributed by atoms with Crippen molar-refractivity contribution in [3.63, 3.8) is 0 Å². The fourth-order valence-corrected chi connectivity index (χ4v) is 1.58. The number of rotatable bonds is 3. The number of phenolic OH excluding ortho intramolecular Hbond substituents is 1. The van der Waals surface area contributed by atoms with E-state index in [4.69, 9.17) is 10.8 Å². The van der Waals surface area contributed by atoms with Crippen LogP contribution in [0.25, 0.3) is 0 Å². The van der Waals surface area contributed by atoms with Gasteiger partial charge < -0.3 is 10.8 Å². The lowest BCUT2D eigenvalue weighted by Gasteiger charge is -2.37. The van der Waals surface area contributed by atoms with Gasteiger partial charge in [-0.2, -0.15) is 0 Å². The normalized spacial score (nSPS) is 15.8. The van der Waals surface area contributed by atoms with E-state index in [1.807, 2.05) is 20.8 Å². The zero-order valence-electron chi connectivity index (χ0n) is 10.1. The van der Waals surface area contributed by atoms with Crippen LogP contribution in [0.3, 0.4) is 0 Å². The van der Waals surface area contributed by atoms with Crippen molar-refractivity contribution in [1.29, 1.82) is 0 Å². The third-order valence-corrected chi connectivity index (χ3v) is 3.09. The zero-order chi connectivity index (χ0) is 12.4. The molecule has 1 aromatic carbocycles. The molecular weight excluding hydrogens is 205 g/mol. The first-order valence-electron chi connectivity index (χ1n) is 5.45. The Hall–Kier alpha value is -1.09. The van der Waals surface area contributed by atoms with Gasteiger partial charge in [-0.05, 0) is 23.1 Å². The van der Waals surface area contributed by atoms with Crippen molar-refractivity contribution < 1.29 is 9.50 Å². The van der Waals surface area contributed by atoms with Gasteiger partial charge in [-0.25, -0.2) is 4.39 Å². The Labute approximate surface area is 96.3 Å². The quantitative estimate of drug-likeness (QED) is 0.830. The summed E-state index contributed by atoms with van der Waals surface area (Å²) in [6.45, 7) is 5.54. The number of alkyl halides is 1. The van der Waals surface area contributed by atoms with Crippen molar-refractivity contribution in [3.05, 3.63) is 29.8 Å². The van der Waals surface area contributed by atoms with Crippen LogP contribution in [0.1, 0.15) is 26.3 Å². The Morgan fingerprint density at radius 1 is 1.19 bits per heavy atom. The number of hydrogen-bond acceptors (Lipinski definition) is 2. The van der Waals surface area contributed by atoms with Crippen molar-refractivity contribution in [3.8, 4) is 5.75 Å². The highest BCUT2D eigenvalue weighted by molar-refractivity contribution is 5.27. The van der Waals surface area contributed by atoms with E-state index in [-0.39, 0.29) is 18.7 Å². The molecule has 0 saturated heterocycles. The molecule has 2 nitrogen and oxygen atoms in total. The highest BCUT2D eigenvalue weighted by atomic mass is 19.1. The van der Waals surface area contributed by atoms with E-state index in [1.165, 1.54) is 0 Å². The minimum absolute atomic E-state index is 0.00260. The van der Waals surface area contributed by atoms with Crippen LogP contribution in [-0.4, -0.2) is 17.3 Å². The Morgan fingerprint density at radius 3 is 2.06 bits per heavy atom. The van der Waals surface area contributed by atoms with Gasteiger partial charge in [0, 0.05) is 13.0 Å². The number of phenols is 1. The van der Waals surface area contributed by atoms with Crippen LogP contribution < -0.4 is 5.73 Å². The van der Waals surface area contributed by atoms with Crippen molar-refractivity contribution in [2.75, 3.05) is 6.54 Å². The first kappa shape index (κ1) is 13.0. The van der Waals surface area contributed by atoms with Crippen molar-refractivity contribution in [2.24, 2.45) is 11.1 Å². The van der Waals surface area contributed by atoms with Crippen molar-refractivity contribution in [2.45, 2.75) is 32.9 Å². The summed E-state index contributed by atoms with van der Waals surface area (Å²) in [6.07, 6.45) is 0.271. The fraction of sp³-hybridized carbons (Fsp3) is 0.538. The number of nitrogens with two attached hydrogens (primary N) is 1. The first-order chi connectivity index (χ1) is 7.28. The summed E-state index contributed by atoms with van der Waals surface area (Å²) in [6, 6.07) is 6.58. The zero-order valence-corrected chi connectivity index (χ0v) is 10.1. The van der Waals surface area contributed by atoms with Crippen LogP contribution in [-0.2, 0) is 6.42 Å². The van der Waals surface area contributed by atoms with E-state index in [0.717, 1.165) is 5.56 Å². The molecule has 1 unspecified atom stereocenters. The summed E-state index contributed by atoms with van der Waals surface area (Å²) in [4.78, 5) is 0. The standard InChI is InChI=1S/C13H20FNO/c1-12(2,3)13(14,9-15)8-10-4-6-11(16)7-5-10/h4-7,16H,8-9,15H2,1-3H3. The van der Waals surface area contributed by atoms with Crippen LogP contribution in [0.2, 0.25) is 0 Å². The maximum absolute atomic E-state index is 14.6. The third-order valence-electron chi connectivity index (χ3n) is 3.09. The second-order valence-electron chi connectivity index (χ2n) is 5.26. The molecule has 0 bridgehead atoms. The largest absolute Gasteiger partial charge is 0.508 e. The van der Waals surface area contributed by atoms with Crippen molar-refractivity contribution >= 4 is 0 Å². The summed E-state index contributed by atoms with van der Waals surface area (Å²) in [7, 11) is 0. The van der Waals surface area contributed by atoms with E-state index in [9.17, 15) is 4.39 Å². The van der Waals surface area contributed by atoms with Gasteiger partial charge in [0.1, 0.15) is 11.4 Å². The lowest BCUT2D eigenvalue weighted by Crippen LogP contribution is -2.47. The molecule has 0 radical (unpaired) electrons. The molecule has 0 aliphatic carbocycles. The van der Waals surface area contributed by atoms with Crippen LogP contribution in [0.4, 0.5) is 4.39 Å². The minimum atomic E-state index is -1.43.